The molecule has 33 heavy (non-hydrogen) atoms. The van der Waals surface area contributed by atoms with Crippen molar-refractivity contribution in [3.63, 3.8) is 0 Å². The number of carbonyl (C=O) groups excluding carboxylic acids is 1. The van der Waals surface area contributed by atoms with E-state index < -0.39 is 20.6 Å². The topological polar surface area (TPSA) is 112 Å². The standard InChI is InChI=1S/C24H27N3O5S/c1-17-9-10-18(2)20(15-17)33(29,30)24(11-3-4-12-24)23(28)31-14-6-8-21-26-22(27-32-21)19-7-5-13-25-16-19/h5,7,9-10,13,15-16H,3-4,6,8,11-12,14H2,1-2H3. The molecule has 9 heteroatoms. The molecule has 1 saturated carbocycles. The van der Waals surface area contributed by atoms with Crippen molar-refractivity contribution in [3.05, 3.63) is 59.7 Å². The zero-order valence-corrected chi connectivity index (χ0v) is 19.6. The molecule has 0 spiro atoms. The van der Waals surface area contributed by atoms with E-state index in [9.17, 15) is 13.2 Å². The number of hydrogen-bond acceptors (Lipinski definition) is 8. The highest BCUT2D eigenvalue weighted by Gasteiger charge is 2.54. The van der Waals surface area contributed by atoms with E-state index >= 15 is 0 Å². The Balaban J connectivity index is 1.41. The zero-order valence-electron chi connectivity index (χ0n) is 18.8. The second-order valence-electron chi connectivity index (χ2n) is 8.47. The predicted octanol–water partition coefficient (Wildman–Crippen LogP) is 4.01. The third kappa shape index (κ3) is 4.55. The lowest BCUT2D eigenvalue weighted by Gasteiger charge is -2.27. The van der Waals surface area contributed by atoms with Crippen LogP contribution in [0.2, 0.25) is 0 Å². The average molecular weight is 470 g/mol. The molecule has 1 aromatic carbocycles. The third-order valence-electron chi connectivity index (χ3n) is 6.09. The Kier molecular flexibility index (Phi) is 6.60. The second kappa shape index (κ2) is 9.43. The Bertz CT molecular complexity index is 1230. The fourth-order valence-electron chi connectivity index (χ4n) is 4.22. The van der Waals surface area contributed by atoms with Crippen LogP contribution in [0.15, 0.2) is 52.1 Å². The summed E-state index contributed by atoms with van der Waals surface area (Å²) in [5.41, 5.74) is 2.23. The van der Waals surface area contributed by atoms with Gasteiger partial charge in [-0.05, 0) is 62.4 Å². The van der Waals surface area contributed by atoms with Gasteiger partial charge in [0.05, 0.1) is 11.5 Å². The van der Waals surface area contributed by atoms with Crippen molar-refractivity contribution in [1.29, 1.82) is 0 Å². The average Bonchev–Trinajstić information content (AvgIpc) is 3.50. The fraction of sp³-hybridized carbons (Fsp3) is 0.417. The van der Waals surface area contributed by atoms with Crippen LogP contribution >= 0.6 is 0 Å². The number of nitrogens with zero attached hydrogens (tertiary/aromatic N) is 3. The SMILES string of the molecule is Cc1ccc(C)c(S(=O)(=O)C2(C(=O)OCCCc3nc(-c4cccnc4)no3)CCCC2)c1. The molecule has 3 aromatic rings. The summed E-state index contributed by atoms with van der Waals surface area (Å²) in [6.45, 7) is 3.67. The van der Waals surface area contributed by atoms with Crippen LogP contribution in [0.1, 0.15) is 49.1 Å². The zero-order chi connectivity index (χ0) is 23.5. The summed E-state index contributed by atoms with van der Waals surface area (Å²) in [6.07, 6.45) is 6.08. The van der Waals surface area contributed by atoms with Crippen molar-refractivity contribution in [2.75, 3.05) is 6.61 Å². The van der Waals surface area contributed by atoms with Gasteiger partial charge in [-0.3, -0.25) is 9.78 Å². The molecular weight excluding hydrogens is 442 g/mol. The van der Waals surface area contributed by atoms with E-state index in [0.717, 1.165) is 11.1 Å². The first kappa shape index (κ1) is 23.1. The molecule has 0 radical (unpaired) electrons. The Labute approximate surface area is 193 Å². The van der Waals surface area contributed by atoms with Gasteiger partial charge in [0, 0.05) is 24.4 Å². The van der Waals surface area contributed by atoms with E-state index in [-0.39, 0.29) is 24.3 Å². The number of esters is 1. The van der Waals surface area contributed by atoms with Crippen LogP contribution < -0.4 is 0 Å². The third-order valence-corrected chi connectivity index (χ3v) is 8.71. The molecule has 1 fully saturated rings. The number of sulfone groups is 1. The summed E-state index contributed by atoms with van der Waals surface area (Å²) in [5.74, 6) is 0.200. The highest BCUT2D eigenvalue weighted by Crippen LogP contribution is 2.42. The lowest BCUT2D eigenvalue weighted by atomic mass is 10.1. The molecule has 0 saturated heterocycles. The Morgan fingerprint density at radius 2 is 1.97 bits per heavy atom. The maximum Gasteiger partial charge on any atom is 0.327 e. The van der Waals surface area contributed by atoms with E-state index in [2.05, 4.69) is 15.1 Å². The summed E-state index contributed by atoms with van der Waals surface area (Å²) < 4.78 is 36.5. The number of benzene rings is 1. The molecule has 2 heterocycles. The van der Waals surface area contributed by atoms with Crippen LogP contribution in [0, 0.1) is 13.8 Å². The van der Waals surface area contributed by atoms with Gasteiger partial charge in [0.1, 0.15) is 0 Å². The quantitative estimate of drug-likeness (QED) is 0.359. The number of carbonyl (C=O) groups is 1. The summed E-state index contributed by atoms with van der Waals surface area (Å²) >= 11 is 0. The minimum atomic E-state index is -3.89. The molecule has 4 rings (SSSR count). The lowest BCUT2D eigenvalue weighted by molar-refractivity contribution is -0.146. The number of ether oxygens (including phenoxy) is 1. The monoisotopic (exact) mass is 469 g/mol. The number of aryl methyl sites for hydroxylation is 3. The van der Waals surface area contributed by atoms with Crippen LogP contribution in [0.4, 0.5) is 0 Å². The number of rotatable bonds is 8. The van der Waals surface area contributed by atoms with Gasteiger partial charge in [-0.2, -0.15) is 4.98 Å². The molecule has 8 nitrogen and oxygen atoms in total. The molecule has 0 atom stereocenters. The maximum atomic E-state index is 13.6. The Morgan fingerprint density at radius 1 is 1.18 bits per heavy atom. The second-order valence-corrected chi connectivity index (χ2v) is 10.7. The van der Waals surface area contributed by atoms with Gasteiger partial charge >= 0.3 is 5.97 Å². The fourth-order valence-corrected chi connectivity index (χ4v) is 6.58. The summed E-state index contributed by atoms with van der Waals surface area (Å²) in [6, 6.07) is 8.91. The van der Waals surface area contributed by atoms with E-state index in [1.165, 1.54) is 0 Å². The number of hydrogen-bond donors (Lipinski definition) is 0. The van der Waals surface area contributed by atoms with Gasteiger partial charge in [0.25, 0.3) is 0 Å². The van der Waals surface area contributed by atoms with Gasteiger partial charge in [0.15, 0.2) is 14.6 Å². The molecule has 2 aromatic heterocycles. The van der Waals surface area contributed by atoms with E-state index in [0.29, 0.717) is 43.0 Å². The van der Waals surface area contributed by atoms with Gasteiger partial charge in [-0.25, -0.2) is 8.42 Å². The molecule has 0 unspecified atom stereocenters. The molecule has 1 aliphatic rings. The first-order valence-corrected chi connectivity index (χ1v) is 12.5. The normalized spacial score (nSPS) is 15.5. The van der Waals surface area contributed by atoms with Gasteiger partial charge < -0.3 is 9.26 Å². The Hall–Kier alpha value is -3.07. The van der Waals surface area contributed by atoms with Crippen molar-refractivity contribution in [2.24, 2.45) is 0 Å². The van der Waals surface area contributed by atoms with Crippen LogP contribution in [0.3, 0.4) is 0 Å². The molecule has 174 valence electrons. The minimum Gasteiger partial charge on any atom is -0.464 e. The van der Waals surface area contributed by atoms with Gasteiger partial charge in [0.2, 0.25) is 11.7 Å². The van der Waals surface area contributed by atoms with Crippen molar-refractivity contribution in [3.8, 4) is 11.4 Å². The van der Waals surface area contributed by atoms with Crippen molar-refractivity contribution >= 4 is 15.8 Å². The maximum absolute atomic E-state index is 13.6. The van der Waals surface area contributed by atoms with Crippen molar-refractivity contribution in [1.82, 2.24) is 15.1 Å². The minimum absolute atomic E-state index is 0.0769. The molecule has 1 aliphatic carbocycles. The smallest absolute Gasteiger partial charge is 0.327 e. The van der Waals surface area contributed by atoms with Crippen molar-refractivity contribution in [2.45, 2.75) is 62.0 Å². The number of aromatic nitrogens is 3. The molecular formula is C24H27N3O5S. The largest absolute Gasteiger partial charge is 0.464 e. The van der Waals surface area contributed by atoms with E-state index in [1.54, 1.807) is 37.5 Å². The molecule has 0 aliphatic heterocycles. The lowest BCUT2D eigenvalue weighted by Crippen LogP contribution is -2.45. The molecule has 0 bridgehead atoms. The predicted molar refractivity (Wildman–Crippen MR) is 121 cm³/mol. The van der Waals surface area contributed by atoms with Crippen LogP contribution in [-0.4, -0.2) is 40.9 Å². The first-order valence-electron chi connectivity index (χ1n) is 11.1. The first-order chi connectivity index (χ1) is 15.8. The van der Waals surface area contributed by atoms with Gasteiger partial charge in [-0.15, -0.1) is 0 Å². The van der Waals surface area contributed by atoms with E-state index in [1.807, 2.05) is 19.1 Å². The summed E-state index contributed by atoms with van der Waals surface area (Å²) in [5, 5.41) is 3.94. The van der Waals surface area contributed by atoms with Crippen molar-refractivity contribution < 1.29 is 22.5 Å². The summed E-state index contributed by atoms with van der Waals surface area (Å²) in [7, 11) is -3.89. The number of pyridine rings is 1. The molecule has 0 amide bonds. The van der Waals surface area contributed by atoms with Crippen LogP contribution in [-0.2, 0) is 25.8 Å². The van der Waals surface area contributed by atoms with Gasteiger partial charge in [-0.1, -0.05) is 30.1 Å². The Morgan fingerprint density at radius 3 is 2.70 bits per heavy atom. The highest BCUT2D eigenvalue weighted by atomic mass is 32.2. The summed E-state index contributed by atoms with van der Waals surface area (Å²) in [4.78, 5) is 21.7. The van der Waals surface area contributed by atoms with Crippen LogP contribution in [0.5, 0.6) is 0 Å². The molecule has 0 N–H and O–H groups in total. The highest BCUT2D eigenvalue weighted by molar-refractivity contribution is 7.93. The van der Waals surface area contributed by atoms with Crippen LogP contribution in [0.25, 0.3) is 11.4 Å². The van der Waals surface area contributed by atoms with E-state index in [4.69, 9.17) is 9.26 Å².